The molecule has 2 aromatic rings. The van der Waals surface area contributed by atoms with Gasteiger partial charge in [-0.15, -0.1) is 0 Å². The summed E-state index contributed by atoms with van der Waals surface area (Å²) in [5, 5.41) is 0. The summed E-state index contributed by atoms with van der Waals surface area (Å²) in [6, 6.07) is 3.34. The van der Waals surface area contributed by atoms with Crippen molar-refractivity contribution in [1.29, 1.82) is 0 Å². The molecule has 1 aliphatic heterocycles. The Bertz CT molecular complexity index is 737. The molecule has 0 N–H and O–H groups in total. The summed E-state index contributed by atoms with van der Waals surface area (Å²) in [6.07, 6.45) is 3.10. The van der Waals surface area contributed by atoms with Crippen molar-refractivity contribution >= 4 is 5.91 Å². The normalized spacial score (nSPS) is 17.0. The van der Waals surface area contributed by atoms with Gasteiger partial charge in [-0.05, 0) is 12.1 Å². The molecule has 1 unspecified atom stereocenters. The van der Waals surface area contributed by atoms with Gasteiger partial charge in [-0.25, -0.2) is 18.7 Å². The maximum Gasteiger partial charge on any atom is 0.278 e. The fourth-order valence-electron chi connectivity index (χ4n) is 2.56. The Balaban J connectivity index is 1.70. The number of rotatable bonds is 4. The molecular formula is C16H15F2N3O3. The lowest BCUT2D eigenvalue weighted by Crippen LogP contribution is -2.32. The third-order valence-electron chi connectivity index (χ3n) is 3.71. The average Bonchev–Trinajstić information content (AvgIpc) is 3.03. The summed E-state index contributed by atoms with van der Waals surface area (Å²) in [4.78, 5) is 21.7. The lowest BCUT2D eigenvalue weighted by Gasteiger charge is -2.18. The molecule has 0 radical (unpaired) electrons. The summed E-state index contributed by atoms with van der Waals surface area (Å²) in [5.74, 6) is -1.98. The molecule has 1 aromatic carbocycles. The number of carbonyl (C=O) groups is 1. The first-order chi connectivity index (χ1) is 11.6. The largest absolute Gasteiger partial charge is 0.477 e. The van der Waals surface area contributed by atoms with Crippen LogP contribution in [0.15, 0.2) is 30.6 Å². The second kappa shape index (κ2) is 6.77. The molecule has 1 saturated heterocycles. The number of carbonyl (C=O) groups excluding carboxylic acids is 1. The first-order valence-electron chi connectivity index (χ1n) is 7.35. The van der Waals surface area contributed by atoms with Crippen LogP contribution in [-0.4, -0.2) is 47.1 Å². The second-order valence-electron chi connectivity index (χ2n) is 5.25. The van der Waals surface area contributed by atoms with E-state index in [1.807, 2.05) is 0 Å². The van der Waals surface area contributed by atoms with Gasteiger partial charge < -0.3 is 14.4 Å². The molecule has 3 rings (SSSR count). The number of benzene rings is 1. The molecule has 6 nitrogen and oxygen atoms in total. The number of aromatic nitrogens is 2. The molecule has 1 aliphatic rings. The number of hydrogen-bond acceptors (Lipinski definition) is 5. The van der Waals surface area contributed by atoms with E-state index in [1.54, 1.807) is 0 Å². The molecule has 0 spiro atoms. The highest BCUT2D eigenvalue weighted by atomic mass is 19.1. The summed E-state index contributed by atoms with van der Waals surface area (Å²) in [7, 11) is 1.45. The van der Waals surface area contributed by atoms with E-state index in [9.17, 15) is 13.6 Å². The van der Waals surface area contributed by atoms with Crippen molar-refractivity contribution in [2.45, 2.75) is 12.5 Å². The predicted octanol–water partition coefficient (Wildman–Crippen LogP) is 2.06. The quantitative estimate of drug-likeness (QED) is 0.856. The maximum atomic E-state index is 13.7. The van der Waals surface area contributed by atoms with Crippen molar-refractivity contribution in [3.8, 4) is 11.8 Å². The molecule has 0 bridgehead atoms. The van der Waals surface area contributed by atoms with Crippen LogP contribution in [0.5, 0.6) is 11.8 Å². The van der Waals surface area contributed by atoms with Gasteiger partial charge in [0.05, 0.1) is 13.7 Å². The van der Waals surface area contributed by atoms with Crippen molar-refractivity contribution in [3.05, 3.63) is 47.8 Å². The van der Waals surface area contributed by atoms with Gasteiger partial charge in [-0.2, -0.15) is 0 Å². The Morgan fingerprint density at radius 1 is 1.21 bits per heavy atom. The minimum Gasteiger partial charge on any atom is -0.477 e. The van der Waals surface area contributed by atoms with Crippen molar-refractivity contribution in [3.63, 3.8) is 0 Å². The van der Waals surface area contributed by atoms with Gasteiger partial charge in [0.25, 0.3) is 17.7 Å². The predicted molar refractivity (Wildman–Crippen MR) is 79.9 cm³/mol. The molecule has 2 heterocycles. The number of ether oxygens (including phenoxy) is 2. The van der Waals surface area contributed by atoms with Crippen LogP contribution in [-0.2, 0) is 0 Å². The van der Waals surface area contributed by atoms with Crippen molar-refractivity contribution in [2.24, 2.45) is 0 Å². The van der Waals surface area contributed by atoms with Gasteiger partial charge in [-0.1, -0.05) is 6.07 Å². The molecule has 1 aromatic heterocycles. The van der Waals surface area contributed by atoms with E-state index in [0.29, 0.717) is 13.0 Å². The Hall–Kier alpha value is -2.77. The van der Waals surface area contributed by atoms with E-state index in [-0.39, 0.29) is 24.4 Å². The van der Waals surface area contributed by atoms with Gasteiger partial charge >= 0.3 is 0 Å². The molecule has 1 fully saturated rings. The van der Waals surface area contributed by atoms with E-state index in [4.69, 9.17) is 9.47 Å². The highest BCUT2D eigenvalue weighted by molar-refractivity contribution is 5.95. The molecule has 0 aliphatic carbocycles. The van der Waals surface area contributed by atoms with E-state index < -0.39 is 23.1 Å². The van der Waals surface area contributed by atoms with Crippen molar-refractivity contribution in [2.75, 3.05) is 20.2 Å². The van der Waals surface area contributed by atoms with E-state index in [2.05, 4.69) is 9.97 Å². The van der Waals surface area contributed by atoms with E-state index in [0.717, 1.165) is 12.1 Å². The van der Waals surface area contributed by atoms with Crippen LogP contribution in [0.1, 0.15) is 16.8 Å². The number of halogens is 2. The minimum atomic E-state index is -0.875. The maximum absolute atomic E-state index is 13.7. The van der Waals surface area contributed by atoms with Gasteiger partial charge in [0.1, 0.15) is 23.3 Å². The molecule has 1 atom stereocenters. The van der Waals surface area contributed by atoms with Gasteiger partial charge in [0, 0.05) is 25.4 Å². The van der Waals surface area contributed by atoms with Crippen LogP contribution < -0.4 is 9.47 Å². The average molecular weight is 335 g/mol. The highest BCUT2D eigenvalue weighted by Gasteiger charge is 2.31. The van der Waals surface area contributed by atoms with Crippen LogP contribution in [0.25, 0.3) is 0 Å². The van der Waals surface area contributed by atoms with Crippen LogP contribution in [0.4, 0.5) is 8.78 Å². The monoisotopic (exact) mass is 335 g/mol. The lowest BCUT2D eigenvalue weighted by atomic mass is 10.1. The number of likely N-dealkylation sites (tertiary alicyclic amines) is 1. The molecule has 1 amide bonds. The van der Waals surface area contributed by atoms with Crippen LogP contribution in [0, 0.1) is 11.6 Å². The third-order valence-corrected chi connectivity index (χ3v) is 3.71. The molecule has 126 valence electrons. The zero-order chi connectivity index (χ0) is 17.1. The van der Waals surface area contributed by atoms with E-state index >= 15 is 0 Å². The van der Waals surface area contributed by atoms with Crippen molar-refractivity contribution < 1.29 is 23.0 Å². The second-order valence-corrected chi connectivity index (χ2v) is 5.25. The number of nitrogens with zero attached hydrogens (tertiary/aromatic N) is 3. The zero-order valence-electron chi connectivity index (χ0n) is 12.9. The Morgan fingerprint density at radius 2 is 1.88 bits per heavy atom. The van der Waals surface area contributed by atoms with Crippen LogP contribution in [0.3, 0.4) is 0 Å². The molecular weight excluding hydrogens is 320 g/mol. The SMILES string of the molecule is COc1nccnc1OC1CCN(C(=O)c2c(F)cccc2F)C1. The summed E-state index contributed by atoms with van der Waals surface area (Å²) in [5.41, 5.74) is -0.546. The zero-order valence-corrected chi connectivity index (χ0v) is 12.9. The Labute approximate surface area is 137 Å². The first kappa shape index (κ1) is 16.1. The van der Waals surface area contributed by atoms with Crippen LogP contribution >= 0.6 is 0 Å². The molecule has 0 saturated carbocycles. The standard InChI is InChI=1S/C16H15F2N3O3/c1-23-14-15(20-7-6-19-14)24-10-5-8-21(9-10)16(22)13-11(17)3-2-4-12(13)18/h2-4,6-7,10H,5,8-9H2,1H3. The molecule has 8 heteroatoms. The van der Waals surface area contributed by atoms with Gasteiger partial charge in [-0.3, -0.25) is 4.79 Å². The fraction of sp³-hybridized carbons (Fsp3) is 0.312. The fourth-order valence-corrected chi connectivity index (χ4v) is 2.56. The number of methoxy groups -OCH3 is 1. The van der Waals surface area contributed by atoms with Crippen LogP contribution in [0.2, 0.25) is 0 Å². The smallest absolute Gasteiger partial charge is 0.278 e. The Kier molecular flexibility index (Phi) is 4.54. The van der Waals surface area contributed by atoms with Gasteiger partial charge in [0.2, 0.25) is 0 Å². The lowest BCUT2D eigenvalue weighted by molar-refractivity contribution is 0.0760. The first-order valence-corrected chi connectivity index (χ1v) is 7.35. The summed E-state index contributed by atoms with van der Waals surface area (Å²) >= 11 is 0. The minimum absolute atomic E-state index is 0.201. The third kappa shape index (κ3) is 3.12. The number of amides is 1. The van der Waals surface area contributed by atoms with E-state index in [1.165, 1.54) is 30.5 Å². The summed E-state index contributed by atoms with van der Waals surface area (Å²) in [6.45, 7) is 0.534. The van der Waals surface area contributed by atoms with Crippen molar-refractivity contribution in [1.82, 2.24) is 14.9 Å². The van der Waals surface area contributed by atoms with Gasteiger partial charge in [0.15, 0.2) is 0 Å². The Morgan fingerprint density at radius 3 is 2.54 bits per heavy atom. The summed E-state index contributed by atoms with van der Waals surface area (Å²) < 4.78 is 38.2. The topological polar surface area (TPSA) is 64.6 Å². The highest BCUT2D eigenvalue weighted by Crippen LogP contribution is 2.25. The number of hydrogen-bond donors (Lipinski definition) is 0. The molecule has 24 heavy (non-hydrogen) atoms.